The quantitative estimate of drug-likeness (QED) is 0.459. The molecule has 0 amide bonds. The first-order chi connectivity index (χ1) is 17.4. The fourth-order valence-electron chi connectivity index (χ4n) is 4.46. The Balaban J connectivity index is 1.23. The van der Waals surface area contributed by atoms with Crippen molar-refractivity contribution in [2.75, 3.05) is 57.7 Å². The predicted molar refractivity (Wildman–Crippen MR) is 130 cm³/mol. The second-order valence-electron chi connectivity index (χ2n) is 8.89. The second-order valence-corrected chi connectivity index (χ2v) is 8.89. The molecule has 2 aromatic carbocycles. The number of aromatic nitrogens is 2. The van der Waals surface area contributed by atoms with Crippen LogP contribution in [-0.4, -0.2) is 57.5 Å². The van der Waals surface area contributed by atoms with Gasteiger partial charge in [-0.15, -0.1) is 0 Å². The van der Waals surface area contributed by atoms with Gasteiger partial charge in [-0.1, -0.05) is 0 Å². The van der Waals surface area contributed by atoms with Crippen molar-refractivity contribution < 1.29 is 27.7 Å². The normalized spacial score (nSPS) is 15.6. The zero-order valence-electron chi connectivity index (χ0n) is 20.2. The highest BCUT2D eigenvalue weighted by Crippen LogP contribution is 2.42. The van der Waals surface area contributed by atoms with Gasteiger partial charge < -0.3 is 34.5 Å². The Hall–Kier alpha value is -3.86. The zero-order chi connectivity index (χ0) is 25.3. The van der Waals surface area contributed by atoms with Crippen molar-refractivity contribution in [2.45, 2.75) is 6.61 Å². The molecule has 190 valence electrons. The highest BCUT2D eigenvalue weighted by molar-refractivity contribution is 5.68. The van der Waals surface area contributed by atoms with Crippen LogP contribution in [0.4, 0.5) is 26.1 Å². The second kappa shape index (κ2) is 9.65. The van der Waals surface area contributed by atoms with E-state index in [9.17, 15) is 8.78 Å². The number of ether oxygens (including phenoxy) is 4. The molecule has 0 bridgehead atoms. The van der Waals surface area contributed by atoms with Crippen molar-refractivity contribution >= 4 is 17.3 Å². The minimum atomic E-state index is -0.856. The lowest BCUT2D eigenvalue weighted by atomic mass is 9.74. The highest BCUT2D eigenvalue weighted by atomic mass is 19.1. The molecule has 2 N–H and O–H groups in total. The van der Waals surface area contributed by atoms with Gasteiger partial charge in [-0.25, -0.2) is 18.7 Å². The number of anilines is 3. The van der Waals surface area contributed by atoms with E-state index in [2.05, 4.69) is 25.5 Å². The first kappa shape index (κ1) is 23.9. The van der Waals surface area contributed by atoms with E-state index < -0.39 is 18.2 Å². The Morgan fingerprint density at radius 1 is 0.944 bits per heavy atom. The number of hydrogen-bond donors (Lipinski definition) is 2. The summed E-state index contributed by atoms with van der Waals surface area (Å²) in [6.45, 7) is 3.78. The summed E-state index contributed by atoms with van der Waals surface area (Å²) in [6.07, 6.45) is 2.83. The summed E-state index contributed by atoms with van der Waals surface area (Å²) in [6, 6.07) is 7.00. The van der Waals surface area contributed by atoms with Gasteiger partial charge >= 0.3 is 0 Å². The molecule has 3 aromatic rings. The first-order valence-electron chi connectivity index (χ1n) is 11.4. The molecule has 2 aliphatic heterocycles. The van der Waals surface area contributed by atoms with Gasteiger partial charge in [-0.05, 0) is 12.1 Å². The van der Waals surface area contributed by atoms with E-state index in [1.54, 1.807) is 7.11 Å². The van der Waals surface area contributed by atoms with E-state index in [4.69, 9.17) is 18.9 Å². The fraction of sp³-hybridized carbons (Fsp3) is 0.360. The minimum Gasteiger partial charge on any atom is -0.495 e. The molecule has 2 aliphatic rings. The van der Waals surface area contributed by atoms with E-state index in [-0.39, 0.29) is 22.8 Å². The third-order valence-electron chi connectivity index (χ3n) is 6.50. The van der Waals surface area contributed by atoms with E-state index >= 15 is 0 Å². The van der Waals surface area contributed by atoms with Gasteiger partial charge in [-0.3, -0.25) is 0 Å². The molecular weight excluding hydrogens is 472 g/mol. The van der Waals surface area contributed by atoms with Crippen LogP contribution in [0.15, 0.2) is 36.7 Å². The van der Waals surface area contributed by atoms with Gasteiger partial charge in [0.2, 0.25) is 5.95 Å². The third kappa shape index (κ3) is 4.41. The van der Waals surface area contributed by atoms with Crippen LogP contribution in [0.25, 0.3) is 0 Å². The maximum absolute atomic E-state index is 14.5. The highest BCUT2D eigenvalue weighted by Gasteiger charge is 2.48. The summed E-state index contributed by atoms with van der Waals surface area (Å²) in [4.78, 5) is 10.8. The van der Waals surface area contributed by atoms with Crippen molar-refractivity contribution in [3.05, 3.63) is 53.9 Å². The predicted octanol–water partition coefficient (Wildman–Crippen LogP) is 3.51. The van der Waals surface area contributed by atoms with Crippen LogP contribution in [0.3, 0.4) is 0 Å². The van der Waals surface area contributed by atoms with Gasteiger partial charge in [0.1, 0.15) is 12.4 Å². The van der Waals surface area contributed by atoms with E-state index in [0.29, 0.717) is 11.4 Å². The summed E-state index contributed by atoms with van der Waals surface area (Å²) in [7, 11) is 4.22. The molecule has 36 heavy (non-hydrogen) atoms. The number of nitrogens with one attached hydrogen (secondary N) is 2. The number of benzene rings is 2. The van der Waals surface area contributed by atoms with Crippen molar-refractivity contribution in [1.82, 2.24) is 15.3 Å². The molecule has 1 aromatic heterocycles. The largest absolute Gasteiger partial charge is 0.495 e. The Labute approximate surface area is 207 Å². The molecule has 11 heteroatoms. The van der Waals surface area contributed by atoms with E-state index in [1.165, 1.54) is 26.6 Å². The Morgan fingerprint density at radius 3 is 2.14 bits per heavy atom. The molecule has 2 saturated heterocycles. The van der Waals surface area contributed by atoms with Gasteiger partial charge in [0.05, 0.1) is 45.0 Å². The van der Waals surface area contributed by atoms with Gasteiger partial charge in [-0.2, -0.15) is 0 Å². The van der Waals surface area contributed by atoms with Gasteiger partial charge in [0.25, 0.3) is 0 Å². The van der Waals surface area contributed by atoms with Crippen LogP contribution < -0.4 is 34.5 Å². The topological polar surface area (TPSA) is 90.0 Å². The molecule has 1 spiro atoms. The molecule has 5 rings (SSSR count). The minimum absolute atomic E-state index is 0.141. The fourth-order valence-corrected chi connectivity index (χ4v) is 4.46. The lowest BCUT2D eigenvalue weighted by Gasteiger charge is -2.57. The summed E-state index contributed by atoms with van der Waals surface area (Å²) in [5.74, 6) is -0.655. The third-order valence-corrected chi connectivity index (χ3v) is 6.50. The van der Waals surface area contributed by atoms with Crippen LogP contribution in [0.5, 0.6) is 23.0 Å². The smallest absolute Gasteiger partial charge is 0.227 e. The SMILES string of the molecule is COc1cc(Nc2ncc(OCc3c(F)c(OC)cc(OC)c3F)cn2)ccc1N1CC2(CNC2)C1. The maximum Gasteiger partial charge on any atom is 0.227 e. The average molecular weight is 500 g/mol. The molecule has 0 radical (unpaired) electrons. The lowest BCUT2D eigenvalue weighted by Crippen LogP contribution is -2.71. The lowest BCUT2D eigenvalue weighted by molar-refractivity contribution is 0.120. The van der Waals surface area contributed by atoms with Crippen molar-refractivity contribution in [1.29, 1.82) is 0 Å². The summed E-state index contributed by atoms with van der Waals surface area (Å²) >= 11 is 0. The number of nitrogens with zero attached hydrogens (tertiary/aromatic N) is 3. The van der Waals surface area contributed by atoms with Crippen molar-refractivity contribution in [3.63, 3.8) is 0 Å². The standard InChI is InChI=1S/C25H27F2N5O4/c1-33-19-6-15(4-5-18(19)32-13-25(14-32)11-28-12-25)31-24-29-8-16(9-30-24)36-10-17-22(26)20(34-2)7-21(35-3)23(17)27/h4-9,28H,10-14H2,1-3H3,(H,29,30,31). The Morgan fingerprint density at radius 2 is 1.58 bits per heavy atom. The van der Waals surface area contributed by atoms with Gasteiger partial charge in [0, 0.05) is 49.4 Å². The zero-order valence-corrected chi connectivity index (χ0v) is 20.2. The average Bonchev–Trinajstić information content (AvgIpc) is 2.84. The molecule has 0 aliphatic carbocycles. The number of methoxy groups -OCH3 is 3. The first-order valence-corrected chi connectivity index (χ1v) is 11.4. The van der Waals surface area contributed by atoms with Crippen LogP contribution in [0, 0.1) is 17.0 Å². The number of rotatable bonds is 9. The molecule has 0 unspecified atom stereocenters. The maximum atomic E-state index is 14.5. The van der Waals surface area contributed by atoms with Crippen LogP contribution in [-0.2, 0) is 6.61 Å². The number of halogens is 2. The molecular formula is C25H27F2N5O4. The van der Waals surface area contributed by atoms with E-state index in [0.717, 1.165) is 49.4 Å². The Bertz CT molecular complexity index is 1220. The molecule has 0 saturated carbocycles. The van der Waals surface area contributed by atoms with Crippen molar-refractivity contribution in [2.24, 2.45) is 5.41 Å². The summed E-state index contributed by atoms with van der Waals surface area (Å²) in [5, 5.41) is 6.47. The van der Waals surface area contributed by atoms with Crippen LogP contribution >= 0.6 is 0 Å². The molecule has 9 nitrogen and oxygen atoms in total. The van der Waals surface area contributed by atoms with Crippen molar-refractivity contribution in [3.8, 4) is 23.0 Å². The molecule has 2 fully saturated rings. The summed E-state index contributed by atoms with van der Waals surface area (Å²) in [5.41, 5.74) is 1.91. The van der Waals surface area contributed by atoms with Crippen LogP contribution in [0.2, 0.25) is 0 Å². The van der Waals surface area contributed by atoms with Gasteiger partial charge in [0.15, 0.2) is 28.9 Å². The number of hydrogen-bond acceptors (Lipinski definition) is 9. The Kier molecular flexibility index (Phi) is 6.40. The summed E-state index contributed by atoms with van der Waals surface area (Å²) < 4.78 is 50.1. The van der Waals surface area contributed by atoms with E-state index in [1.807, 2.05) is 18.2 Å². The molecule has 0 atom stereocenters. The van der Waals surface area contributed by atoms with Crippen LogP contribution in [0.1, 0.15) is 5.56 Å². The molecule has 3 heterocycles. The monoisotopic (exact) mass is 499 g/mol.